The van der Waals surface area contributed by atoms with Crippen LogP contribution in [0.25, 0.3) is 0 Å². The van der Waals surface area contributed by atoms with Crippen LogP contribution in [0.15, 0.2) is 11.6 Å². The van der Waals surface area contributed by atoms with E-state index >= 15 is 0 Å². The first-order valence-corrected chi connectivity index (χ1v) is 6.93. The van der Waals surface area contributed by atoms with Crippen LogP contribution in [0.3, 0.4) is 0 Å². The smallest absolute Gasteiger partial charge is 0.164 e. The highest BCUT2D eigenvalue weighted by Gasteiger charge is 2.19. The molecule has 1 heterocycles. The van der Waals surface area contributed by atoms with Gasteiger partial charge in [0, 0.05) is 7.05 Å². The van der Waals surface area contributed by atoms with Crippen molar-refractivity contribution in [3.63, 3.8) is 0 Å². The number of carbonyl (C=O) groups excluding carboxylic acids is 1. The van der Waals surface area contributed by atoms with Gasteiger partial charge in [-0.25, -0.2) is 0 Å². The molecule has 18 heavy (non-hydrogen) atoms. The van der Waals surface area contributed by atoms with Crippen LogP contribution >= 0.6 is 11.6 Å². The zero-order valence-corrected chi connectivity index (χ0v) is 11.8. The second-order valence-corrected chi connectivity index (χ2v) is 5.14. The van der Waals surface area contributed by atoms with Crippen LogP contribution < -0.4 is 0 Å². The van der Waals surface area contributed by atoms with E-state index in [1.54, 1.807) is 4.68 Å². The standard InChI is InChI=1S/C14H19ClN2O/c1-3-11-14(15)12(17(2)16-11)9-13(18)10-7-5-4-6-8-10/h7H,3-6,8-9H2,1-2H3. The fourth-order valence-corrected chi connectivity index (χ4v) is 2.73. The lowest BCUT2D eigenvalue weighted by Crippen LogP contribution is -2.12. The highest BCUT2D eigenvalue weighted by Crippen LogP contribution is 2.24. The van der Waals surface area contributed by atoms with Gasteiger partial charge in [0.2, 0.25) is 0 Å². The molecule has 4 heteroatoms. The van der Waals surface area contributed by atoms with E-state index in [9.17, 15) is 4.79 Å². The number of aryl methyl sites for hydroxylation is 2. The molecule has 0 atom stereocenters. The molecule has 0 saturated carbocycles. The van der Waals surface area contributed by atoms with Crippen molar-refractivity contribution >= 4 is 17.4 Å². The lowest BCUT2D eigenvalue weighted by atomic mass is 9.94. The van der Waals surface area contributed by atoms with Gasteiger partial charge in [-0.1, -0.05) is 24.6 Å². The summed E-state index contributed by atoms with van der Waals surface area (Å²) in [6.45, 7) is 2.02. The maximum atomic E-state index is 12.2. The monoisotopic (exact) mass is 266 g/mol. The number of Topliss-reactive ketones (excluding diaryl/α,β-unsaturated/α-hetero) is 1. The Labute approximate surface area is 113 Å². The molecule has 3 nitrogen and oxygen atoms in total. The molecule has 2 rings (SSSR count). The van der Waals surface area contributed by atoms with Gasteiger partial charge in [-0.3, -0.25) is 9.48 Å². The first kappa shape index (κ1) is 13.3. The minimum Gasteiger partial charge on any atom is -0.294 e. The van der Waals surface area contributed by atoms with Gasteiger partial charge in [0.15, 0.2) is 5.78 Å². The van der Waals surface area contributed by atoms with E-state index in [1.165, 1.54) is 6.42 Å². The average Bonchev–Trinajstić information content (AvgIpc) is 2.67. The van der Waals surface area contributed by atoms with Gasteiger partial charge in [0.05, 0.1) is 22.8 Å². The molecule has 0 unspecified atom stereocenters. The number of halogens is 1. The van der Waals surface area contributed by atoms with Crippen LogP contribution in [0.5, 0.6) is 0 Å². The summed E-state index contributed by atoms with van der Waals surface area (Å²) in [6, 6.07) is 0. The molecule has 0 spiro atoms. The summed E-state index contributed by atoms with van der Waals surface area (Å²) in [4.78, 5) is 12.2. The van der Waals surface area contributed by atoms with Crippen LogP contribution in [0.2, 0.25) is 5.02 Å². The fraction of sp³-hybridized carbons (Fsp3) is 0.571. The van der Waals surface area contributed by atoms with Gasteiger partial charge in [-0.2, -0.15) is 5.10 Å². The fourth-order valence-electron chi connectivity index (χ4n) is 2.37. The summed E-state index contributed by atoms with van der Waals surface area (Å²) in [5.41, 5.74) is 2.68. The van der Waals surface area contributed by atoms with Crippen LogP contribution in [0.4, 0.5) is 0 Å². The number of ketones is 1. The molecule has 1 aromatic heterocycles. The molecule has 0 bridgehead atoms. The van der Waals surface area contributed by atoms with E-state index in [0.29, 0.717) is 11.4 Å². The number of carbonyl (C=O) groups is 1. The summed E-state index contributed by atoms with van der Waals surface area (Å²) >= 11 is 6.26. The number of hydrogen-bond donors (Lipinski definition) is 0. The van der Waals surface area contributed by atoms with E-state index in [2.05, 4.69) is 11.2 Å². The Bertz CT molecular complexity index is 488. The quantitative estimate of drug-likeness (QED) is 0.839. The predicted octanol–water partition coefficient (Wildman–Crippen LogP) is 3.25. The second kappa shape index (κ2) is 5.70. The summed E-state index contributed by atoms with van der Waals surface area (Å²) in [5, 5.41) is 5.00. The van der Waals surface area contributed by atoms with Crippen LogP contribution in [-0.2, 0) is 24.7 Å². The van der Waals surface area contributed by atoms with Gasteiger partial charge < -0.3 is 0 Å². The molecule has 1 aliphatic rings. The SMILES string of the molecule is CCc1nn(C)c(CC(=O)C2=CCCCC2)c1Cl. The van der Waals surface area contributed by atoms with Gasteiger partial charge in [0.1, 0.15) is 0 Å². The molecular formula is C14H19ClN2O. The van der Waals surface area contributed by atoms with E-state index in [-0.39, 0.29) is 5.78 Å². The molecule has 0 fully saturated rings. The van der Waals surface area contributed by atoms with E-state index < -0.39 is 0 Å². The zero-order chi connectivity index (χ0) is 13.1. The molecular weight excluding hydrogens is 248 g/mol. The molecule has 0 amide bonds. The first-order chi connectivity index (χ1) is 8.63. The van der Waals surface area contributed by atoms with Crippen molar-refractivity contribution in [1.82, 2.24) is 9.78 Å². The first-order valence-electron chi connectivity index (χ1n) is 6.56. The Morgan fingerprint density at radius 3 is 2.83 bits per heavy atom. The Kier molecular flexibility index (Phi) is 4.23. The van der Waals surface area contributed by atoms with Crippen molar-refractivity contribution in [2.45, 2.75) is 45.4 Å². The molecule has 1 aliphatic carbocycles. The summed E-state index contributed by atoms with van der Waals surface area (Å²) in [5.74, 6) is 0.197. The highest BCUT2D eigenvalue weighted by molar-refractivity contribution is 6.32. The number of allylic oxidation sites excluding steroid dienone is 2. The van der Waals surface area contributed by atoms with Crippen LogP contribution in [0.1, 0.15) is 44.0 Å². The van der Waals surface area contributed by atoms with Gasteiger partial charge in [-0.05, 0) is 37.7 Å². The van der Waals surface area contributed by atoms with Crippen molar-refractivity contribution in [3.05, 3.63) is 28.1 Å². The normalized spacial score (nSPS) is 15.6. The Morgan fingerprint density at radius 1 is 1.50 bits per heavy atom. The number of aromatic nitrogens is 2. The molecule has 0 N–H and O–H groups in total. The third kappa shape index (κ3) is 2.66. The lowest BCUT2D eigenvalue weighted by molar-refractivity contribution is -0.115. The van der Waals surface area contributed by atoms with Gasteiger partial charge in [0.25, 0.3) is 0 Å². The number of hydrogen-bond acceptors (Lipinski definition) is 2. The Hall–Kier alpha value is -1.09. The average molecular weight is 267 g/mol. The zero-order valence-electron chi connectivity index (χ0n) is 11.0. The van der Waals surface area contributed by atoms with E-state index in [4.69, 9.17) is 11.6 Å². The Morgan fingerprint density at radius 2 is 2.28 bits per heavy atom. The maximum absolute atomic E-state index is 12.2. The van der Waals surface area contributed by atoms with Crippen LogP contribution in [-0.4, -0.2) is 15.6 Å². The van der Waals surface area contributed by atoms with Gasteiger partial charge >= 0.3 is 0 Å². The van der Waals surface area contributed by atoms with Gasteiger partial charge in [-0.15, -0.1) is 0 Å². The van der Waals surface area contributed by atoms with E-state index in [1.807, 2.05) is 14.0 Å². The minimum absolute atomic E-state index is 0.197. The summed E-state index contributed by atoms with van der Waals surface area (Å²) < 4.78 is 1.74. The number of rotatable bonds is 4. The third-order valence-corrected chi connectivity index (χ3v) is 3.92. The molecule has 0 aromatic carbocycles. The van der Waals surface area contributed by atoms with Crippen molar-refractivity contribution in [3.8, 4) is 0 Å². The summed E-state index contributed by atoms with van der Waals surface area (Å²) in [6.07, 6.45) is 7.50. The Balaban J connectivity index is 2.16. The molecule has 0 radical (unpaired) electrons. The maximum Gasteiger partial charge on any atom is 0.164 e. The third-order valence-electron chi connectivity index (χ3n) is 3.48. The van der Waals surface area contributed by atoms with Crippen molar-refractivity contribution in [2.75, 3.05) is 0 Å². The van der Waals surface area contributed by atoms with Crippen LogP contribution in [0, 0.1) is 0 Å². The predicted molar refractivity (Wildman–Crippen MR) is 72.9 cm³/mol. The minimum atomic E-state index is 0.197. The molecule has 0 saturated heterocycles. The van der Waals surface area contributed by atoms with Crippen molar-refractivity contribution in [1.29, 1.82) is 0 Å². The highest BCUT2D eigenvalue weighted by atomic mass is 35.5. The molecule has 0 aliphatic heterocycles. The topological polar surface area (TPSA) is 34.9 Å². The molecule has 1 aromatic rings. The largest absolute Gasteiger partial charge is 0.294 e. The van der Waals surface area contributed by atoms with Crippen molar-refractivity contribution < 1.29 is 4.79 Å². The summed E-state index contributed by atoms with van der Waals surface area (Å²) in [7, 11) is 1.85. The number of nitrogens with zero attached hydrogens (tertiary/aromatic N) is 2. The second-order valence-electron chi connectivity index (χ2n) is 4.76. The van der Waals surface area contributed by atoms with Crippen molar-refractivity contribution in [2.24, 2.45) is 7.05 Å². The lowest BCUT2D eigenvalue weighted by Gasteiger charge is -2.11. The van der Waals surface area contributed by atoms with E-state index in [0.717, 1.165) is 42.6 Å². The molecule has 98 valence electrons.